The Morgan fingerprint density at radius 1 is 1.35 bits per heavy atom. The van der Waals surface area contributed by atoms with Crippen molar-refractivity contribution in [2.24, 2.45) is 5.92 Å². The normalized spacial score (nSPS) is 20.5. The average molecular weight is 284 g/mol. The first-order valence-electron chi connectivity index (χ1n) is 7.12. The van der Waals surface area contributed by atoms with Crippen molar-refractivity contribution in [3.8, 4) is 0 Å². The fraction of sp³-hybridized carbons (Fsp3) is 0.733. The number of carbonyl (C=O) groups is 2. The standard InChI is InChI=1S/C15H24O5/c1-9(2)8-11(16)6-4-5-7-12(17)13-10(3)14(18)20-15(13)19/h9,12,14,17-18H,4-8H2,1-3H3. The third-order valence-electron chi connectivity index (χ3n) is 3.39. The molecular weight excluding hydrogens is 260 g/mol. The summed E-state index contributed by atoms with van der Waals surface area (Å²) in [7, 11) is 0. The zero-order chi connectivity index (χ0) is 15.3. The Bertz CT molecular complexity index is 397. The van der Waals surface area contributed by atoms with Gasteiger partial charge in [0.25, 0.3) is 0 Å². The van der Waals surface area contributed by atoms with Crippen molar-refractivity contribution in [3.63, 3.8) is 0 Å². The molecule has 0 fully saturated rings. The molecule has 0 amide bonds. The lowest BCUT2D eigenvalue weighted by Gasteiger charge is -2.10. The van der Waals surface area contributed by atoms with Crippen LogP contribution in [0.2, 0.25) is 0 Å². The van der Waals surface area contributed by atoms with E-state index in [0.717, 1.165) is 0 Å². The third kappa shape index (κ3) is 4.72. The van der Waals surface area contributed by atoms with E-state index in [2.05, 4.69) is 4.74 Å². The number of rotatable bonds is 8. The Kier molecular flexibility index (Phi) is 6.36. The van der Waals surface area contributed by atoms with E-state index in [4.69, 9.17) is 0 Å². The molecule has 0 saturated carbocycles. The molecule has 1 heterocycles. The Hall–Kier alpha value is -1.20. The molecule has 2 N–H and O–H groups in total. The van der Waals surface area contributed by atoms with Gasteiger partial charge in [0.1, 0.15) is 5.78 Å². The first-order valence-corrected chi connectivity index (χ1v) is 7.12. The van der Waals surface area contributed by atoms with Crippen molar-refractivity contribution >= 4 is 11.8 Å². The highest BCUT2D eigenvalue weighted by Crippen LogP contribution is 2.25. The number of hydrogen-bond donors (Lipinski definition) is 2. The highest BCUT2D eigenvalue weighted by Gasteiger charge is 2.33. The van der Waals surface area contributed by atoms with Crippen LogP contribution in [0.25, 0.3) is 0 Å². The molecule has 1 aliphatic rings. The number of Topliss-reactive ketones (excluding diaryl/α,β-unsaturated/α-hetero) is 1. The molecule has 2 unspecified atom stereocenters. The van der Waals surface area contributed by atoms with Crippen molar-refractivity contribution in [1.82, 2.24) is 0 Å². The Labute approximate surface area is 119 Å². The highest BCUT2D eigenvalue weighted by molar-refractivity contribution is 5.93. The van der Waals surface area contributed by atoms with E-state index in [1.807, 2.05) is 13.8 Å². The Balaban J connectivity index is 2.32. The minimum absolute atomic E-state index is 0.158. The zero-order valence-corrected chi connectivity index (χ0v) is 12.4. The van der Waals surface area contributed by atoms with E-state index >= 15 is 0 Å². The summed E-state index contributed by atoms with van der Waals surface area (Å²) in [4.78, 5) is 23.0. The number of aliphatic hydroxyl groups is 2. The molecule has 0 radical (unpaired) electrons. The molecule has 0 spiro atoms. The maximum Gasteiger partial charge on any atom is 0.339 e. The molecule has 1 aliphatic heterocycles. The molecule has 0 saturated heterocycles. The topological polar surface area (TPSA) is 83.8 Å². The molecular formula is C15H24O5. The summed E-state index contributed by atoms with van der Waals surface area (Å²) in [5.74, 6) is -0.0467. The predicted octanol–water partition coefficient (Wildman–Crippen LogP) is 1.71. The van der Waals surface area contributed by atoms with Crippen LogP contribution in [0.15, 0.2) is 11.1 Å². The summed E-state index contributed by atoms with van der Waals surface area (Å²) in [6.45, 7) is 5.59. The number of ether oxygens (including phenoxy) is 1. The Morgan fingerprint density at radius 2 is 2.00 bits per heavy atom. The minimum Gasteiger partial charge on any atom is -0.428 e. The molecule has 5 heteroatoms. The largest absolute Gasteiger partial charge is 0.428 e. The van der Waals surface area contributed by atoms with Crippen LogP contribution in [0.3, 0.4) is 0 Å². The number of unbranched alkanes of at least 4 members (excludes halogenated alkanes) is 1. The fourth-order valence-corrected chi connectivity index (χ4v) is 2.31. The van der Waals surface area contributed by atoms with Gasteiger partial charge in [-0.3, -0.25) is 4.79 Å². The monoisotopic (exact) mass is 284 g/mol. The van der Waals surface area contributed by atoms with Crippen LogP contribution in [0.5, 0.6) is 0 Å². The van der Waals surface area contributed by atoms with E-state index < -0.39 is 18.4 Å². The third-order valence-corrected chi connectivity index (χ3v) is 3.39. The van der Waals surface area contributed by atoms with Crippen LogP contribution in [-0.4, -0.2) is 34.4 Å². The van der Waals surface area contributed by atoms with Gasteiger partial charge < -0.3 is 14.9 Å². The van der Waals surface area contributed by atoms with Crippen molar-refractivity contribution in [2.45, 2.75) is 65.3 Å². The van der Waals surface area contributed by atoms with E-state index in [-0.39, 0.29) is 11.4 Å². The zero-order valence-electron chi connectivity index (χ0n) is 12.4. The van der Waals surface area contributed by atoms with Crippen molar-refractivity contribution in [1.29, 1.82) is 0 Å². The summed E-state index contributed by atoms with van der Waals surface area (Å²) in [5.41, 5.74) is 0.532. The van der Waals surface area contributed by atoms with Crippen molar-refractivity contribution in [3.05, 3.63) is 11.1 Å². The van der Waals surface area contributed by atoms with E-state index in [1.54, 1.807) is 6.92 Å². The molecule has 20 heavy (non-hydrogen) atoms. The van der Waals surface area contributed by atoms with Crippen LogP contribution in [0.1, 0.15) is 52.9 Å². The van der Waals surface area contributed by atoms with Gasteiger partial charge in [-0.2, -0.15) is 0 Å². The Morgan fingerprint density at radius 3 is 2.50 bits per heavy atom. The van der Waals surface area contributed by atoms with Crippen molar-refractivity contribution < 1.29 is 24.5 Å². The highest BCUT2D eigenvalue weighted by atomic mass is 16.6. The van der Waals surface area contributed by atoms with Gasteiger partial charge in [-0.25, -0.2) is 4.79 Å². The summed E-state index contributed by atoms with van der Waals surface area (Å²) in [6, 6.07) is 0. The van der Waals surface area contributed by atoms with Crippen LogP contribution in [0.4, 0.5) is 0 Å². The molecule has 0 aromatic rings. The lowest BCUT2D eigenvalue weighted by atomic mass is 9.98. The SMILES string of the molecule is CC1=C(C(O)CCCCC(=O)CC(C)C)C(=O)OC1O. The van der Waals surface area contributed by atoms with Gasteiger partial charge in [0.2, 0.25) is 6.29 Å². The van der Waals surface area contributed by atoms with Crippen LogP contribution < -0.4 is 0 Å². The second kappa shape index (κ2) is 7.55. The van der Waals surface area contributed by atoms with Gasteiger partial charge in [-0.1, -0.05) is 20.3 Å². The van der Waals surface area contributed by atoms with E-state index in [0.29, 0.717) is 43.6 Å². The van der Waals surface area contributed by atoms with Crippen LogP contribution in [0, 0.1) is 5.92 Å². The molecule has 0 aromatic heterocycles. The van der Waals surface area contributed by atoms with Crippen molar-refractivity contribution in [2.75, 3.05) is 0 Å². The molecule has 114 valence electrons. The number of esters is 1. The summed E-state index contributed by atoms with van der Waals surface area (Å²) in [6.07, 6.45) is 0.683. The number of aliphatic hydroxyl groups excluding tert-OH is 2. The average Bonchev–Trinajstić information content (AvgIpc) is 2.58. The quantitative estimate of drug-likeness (QED) is 0.523. The number of carbonyl (C=O) groups excluding carboxylic acids is 2. The lowest BCUT2D eigenvalue weighted by Crippen LogP contribution is -2.16. The maximum absolute atomic E-state index is 11.5. The van der Waals surface area contributed by atoms with Gasteiger partial charge in [-0.15, -0.1) is 0 Å². The van der Waals surface area contributed by atoms with Crippen LogP contribution >= 0.6 is 0 Å². The number of ketones is 1. The van der Waals surface area contributed by atoms with Gasteiger partial charge in [0.15, 0.2) is 0 Å². The number of cyclic esters (lactones) is 1. The fourth-order valence-electron chi connectivity index (χ4n) is 2.31. The predicted molar refractivity (Wildman–Crippen MR) is 73.7 cm³/mol. The summed E-state index contributed by atoms with van der Waals surface area (Å²) >= 11 is 0. The van der Waals surface area contributed by atoms with Gasteiger partial charge >= 0.3 is 5.97 Å². The lowest BCUT2D eigenvalue weighted by molar-refractivity contribution is -0.152. The molecule has 5 nitrogen and oxygen atoms in total. The van der Waals surface area contributed by atoms with Gasteiger partial charge in [0, 0.05) is 18.4 Å². The van der Waals surface area contributed by atoms with Gasteiger partial charge in [-0.05, 0) is 25.7 Å². The molecule has 0 aromatic carbocycles. The van der Waals surface area contributed by atoms with E-state index in [9.17, 15) is 19.8 Å². The maximum atomic E-state index is 11.5. The van der Waals surface area contributed by atoms with E-state index in [1.165, 1.54) is 0 Å². The molecule has 1 rings (SSSR count). The summed E-state index contributed by atoms with van der Waals surface area (Å²) in [5, 5.41) is 19.3. The first kappa shape index (κ1) is 16.9. The molecule has 0 aliphatic carbocycles. The number of hydrogen-bond acceptors (Lipinski definition) is 5. The van der Waals surface area contributed by atoms with Gasteiger partial charge in [0.05, 0.1) is 11.7 Å². The summed E-state index contributed by atoms with van der Waals surface area (Å²) < 4.78 is 4.62. The smallest absolute Gasteiger partial charge is 0.339 e. The molecule has 2 atom stereocenters. The first-order chi connectivity index (χ1) is 9.32. The second-order valence-electron chi connectivity index (χ2n) is 5.75. The molecule has 0 bridgehead atoms. The second-order valence-corrected chi connectivity index (χ2v) is 5.75. The van der Waals surface area contributed by atoms with Crippen LogP contribution in [-0.2, 0) is 14.3 Å². The minimum atomic E-state index is -1.24.